The van der Waals surface area contributed by atoms with Gasteiger partial charge >= 0.3 is 0 Å². The van der Waals surface area contributed by atoms with E-state index in [1.807, 2.05) is 0 Å². The maximum Gasteiger partial charge on any atom is 0.0722 e. The molecule has 0 bridgehead atoms. The van der Waals surface area contributed by atoms with Crippen LogP contribution in [0.1, 0.15) is 0 Å². The summed E-state index contributed by atoms with van der Waals surface area (Å²) in [6.07, 6.45) is 0. The number of hydrogen-bond acceptors (Lipinski definition) is 1. The van der Waals surface area contributed by atoms with Crippen LogP contribution in [-0.2, 0) is 0 Å². The van der Waals surface area contributed by atoms with E-state index in [0.717, 1.165) is 16.8 Å². The molecule has 1 heterocycles. The minimum absolute atomic E-state index is 0.972. The third kappa shape index (κ3) is 4.59. The molecule has 0 aliphatic carbocycles. The Morgan fingerprint density at radius 3 is 1.48 bits per heavy atom. The quantitative estimate of drug-likeness (QED) is 0.139. The summed E-state index contributed by atoms with van der Waals surface area (Å²) in [5, 5.41) is 11.2. The van der Waals surface area contributed by atoms with E-state index >= 15 is 0 Å². The van der Waals surface area contributed by atoms with Crippen LogP contribution in [0.25, 0.3) is 98.6 Å². The van der Waals surface area contributed by atoms with Crippen LogP contribution in [0.3, 0.4) is 0 Å². The van der Waals surface area contributed by atoms with Crippen LogP contribution in [0.15, 0.2) is 188 Å². The highest BCUT2D eigenvalue weighted by molar-refractivity contribution is 6.22. The molecule has 1 aromatic heterocycles. The second-order valence-corrected chi connectivity index (χ2v) is 13.1. The molecular weight excluding hydrogens is 603 g/mol. The monoisotopic (exact) mass is 633 g/mol. The maximum absolute atomic E-state index is 5.25. The van der Waals surface area contributed by atoms with Crippen molar-refractivity contribution in [3.8, 4) is 44.6 Å². The highest BCUT2D eigenvalue weighted by atomic mass is 14.7. The summed E-state index contributed by atoms with van der Waals surface area (Å²) < 4.78 is 0. The summed E-state index contributed by atoms with van der Waals surface area (Å²) in [4.78, 5) is 5.25. The summed E-state index contributed by atoms with van der Waals surface area (Å²) in [6.45, 7) is 0. The molecule has 0 atom stereocenters. The first-order valence-corrected chi connectivity index (χ1v) is 17.2. The molecule has 1 heteroatoms. The van der Waals surface area contributed by atoms with Crippen LogP contribution in [0.5, 0.6) is 0 Å². The molecular formula is C49H31N. The Hall–Kier alpha value is -6.57. The summed E-state index contributed by atoms with van der Waals surface area (Å²) in [5.74, 6) is 0. The van der Waals surface area contributed by atoms with Crippen molar-refractivity contribution in [1.29, 1.82) is 0 Å². The molecule has 10 aromatic rings. The lowest BCUT2D eigenvalue weighted by molar-refractivity contribution is 1.40. The number of benzene rings is 9. The highest BCUT2D eigenvalue weighted by Crippen LogP contribution is 2.44. The molecule has 0 amide bonds. The zero-order valence-corrected chi connectivity index (χ0v) is 27.3. The Labute approximate surface area is 290 Å². The van der Waals surface area contributed by atoms with Crippen molar-refractivity contribution < 1.29 is 0 Å². The Morgan fingerprint density at radius 1 is 0.300 bits per heavy atom. The molecule has 0 saturated heterocycles. The van der Waals surface area contributed by atoms with E-state index < -0.39 is 0 Å². The van der Waals surface area contributed by atoms with Gasteiger partial charge in [-0.3, -0.25) is 0 Å². The van der Waals surface area contributed by atoms with Gasteiger partial charge < -0.3 is 0 Å². The van der Waals surface area contributed by atoms with Crippen LogP contribution >= 0.6 is 0 Å². The smallest absolute Gasteiger partial charge is 0.0722 e. The fraction of sp³-hybridized carbons (Fsp3) is 0. The standard InChI is InChI=1S/C49H31N/c1-2-13-33(14-3-1)44-31-46(50-45-29-28-34-15-6-7-17-39(34)49(44)45)35-23-25-36(26-24-35)47-40-18-8-10-20-42(40)48(43-21-11-9-19-41(43)47)38-27-22-32-12-4-5-16-37(32)30-38/h1-31H. The molecule has 0 fully saturated rings. The van der Waals surface area contributed by atoms with Gasteiger partial charge in [-0.2, -0.15) is 0 Å². The Balaban J connectivity index is 1.15. The first-order valence-electron chi connectivity index (χ1n) is 17.2. The van der Waals surface area contributed by atoms with Gasteiger partial charge in [0.05, 0.1) is 11.2 Å². The fourth-order valence-corrected chi connectivity index (χ4v) is 7.90. The van der Waals surface area contributed by atoms with Crippen molar-refractivity contribution in [1.82, 2.24) is 4.98 Å². The van der Waals surface area contributed by atoms with Gasteiger partial charge in [0.2, 0.25) is 0 Å². The number of fused-ring (bicyclic) bond motifs is 6. The van der Waals surface area contributed by atoms with Crippen molar-refractivity contribution in [3.63, 3.8) is 0 Å². The third-order valence-corrected chi connectivity index (χ3v) is 10.2. The minimum atomic E-state index is 0.972. The number of pyridine rings is 1. The molecule has 9 aromatic carbocycles. The number of hydrogen-bond donors (Lipinski definition) is 0. The van der Waals surface area contributed by atoms with Gasteiger partial charge in [0.15, 0.2) is 0 Å². The third-order valence-electron chi connectivity index (χ3n) is 10.2. The zero-order valence-electron chi connectivity index (χ0n) is 27.3. The number of aromatic nitrogens is 1. The van der Waals surface area contributed by atoms with Gasteiger partial charge in [0.25, 0.3) is 0 Å². The molecule has 232 valence electrons. The SMILES string of the molecule is c1ccc(-c2cc(-c3ccc(-c4c5ccccc5c(-c5ccc6ccccc6c5)c5ccccc45)cc3)nc3ccc4ccccc4c23)cc1. The van der Waals surface area contributed by atoms with E-state index in [0.29, 0.717) is 0 Å². The predicted octanol–water partition coefficient (Wildman–Crippen LogP) is 13.5. The van der Waals surface area contributed by atoms with Crippen molar-refractivity contribution in [2.75, 3.05) is 0 Å². The number of rotatable bonds is 4. The highest BCUT2D eigenvalue weighted by Gasteiger charge is 2.18. The van der Waals surface area contributed by atoms with Crippen molar-refractivity contribution in [3.05, 3.63) is 188 Å². The molecule has 0 N–H and O–H groups in total. The molecule has 50 heavy (non-hydrogen) atoms. The first kappa shape index (κ1) is 28.4. The van der Waals surface area contributed by atoms with E-state index in [4.69, 9.17) is 4.98 Å². The summed E-state index contributed by atoms with van der Waals surface area (Å²) in [6, 6.07) is 68.1. The molecule has 0 spiro atoms. The molecule has 1 nitrogen and oxygen atoms in total. The van der Waals surface area contributed by atoms with Crippen LogP contribution < -0.4 is 0 Å². The zero-order chi connectivity index (χ0) is 33.0. The van der Waals surface area contributed by atoms with Gasteiger partial charge in [0, 0.05) is 10.9 Å². The molecule has 0 unspecified atom stereocenters. The normalized spacial score (nSPS) is 11.6. The lowest BCUT2D eigenvalue weighted by Gasteiger charge is -2.18. The van der Waals surface area contributed by atoms with Gasteiger partial charge in [-0.1, -0.05) is 170 Å². The topological polar surface area (TPSA) is 12.9 Å². The lowest BCUT2D eigenvalue weighted by Crippen LogP contribution is -1.92. The fourth-order valence-electron chi connectivity index (χ4n) is 7.90. The van der Waals surface area contributed by atoms with Crippen LogP contribution in [0, 0.1) is 0 Å². The summed E-state index contributed by atoms with van der Waals surface area (Å²) in [5.41, 5.74) is 10.4. The van der Waals surface area contributed by atoms with Gasteiger partial charge in [-0.05, 0) is 94.7 Å². The van der Waals surface area contributed by atoms with Crippen molar-refractivity contribution in [2.24, 2.45) is 0 Å². The van der Waals surface area contributed by atoms with E-state index in [2.05, 4.69) is 188 Å². The van der Waals surface area contributed by atoms with E-state index in [1.165, 1.54) is 81.9 Å². The average Bonchev–Trinajstić information content (AvgIpc) is 3.19. The Morgan fingerprint density at radius 2 is 0.800 bits per heavy atom. The first-order chi connectivity index (χ1) is 24.8. The average molecular weight is 634 g/mol. The van der Waals surface area contributed by atoms with Crippen LogP contribution in [0.2, 0.25) is 0 Å². The van der Waals surface area contributed by atoms with Crippen molar-refractivity contribution in [2.45, 2.75) is 0 Å². The van der Waals surface area contributed by atoms with Gasteiger partial charge in [-0.25, -0.2) is 4.98 Å². The Bertz CT molecular complexity index is 2850. The van der Waals surface area contributed by atoms with E-state index in [9.17, 15) is 0 Å². The van der Waals surface area contributed by atoms with E-state index in [-0.39, 0.29) is 0 Å². The van der Waals surface area contributed by atoms with Gasteiger partial charge in [-0.15, -0.1) is 0 Å². The molecule has 0 radical (unpaired) electrons. The second kappa shape index (κ2) is 11.5. The maximum atomic E-state index is 5.25. The molecule has 0 aliphatic rings. The summed E-state index contributed by atoms with van der Waals surface area (Å²) >= 11 is 0. The lowest BCUT2D eigenvalue weighted by atomic mass is 9.85. The molecule has 0 aliphatic heterocycles. The van der Waals surface area contributed by atoms with Crippen LogP contribution in [0.4, 0.5) is 0 Å². The molecule has 0 saturated carbocycles. The second-order valence-electron chi connectivity index (χ2n) is 13.1. The van der Waals surface area contributed by atoms with E-state index in [1.54, 1.807) is 0 Å². The van der Waals surface area contributed by atoms with Crippen molar-refractivity contribution >= 4 is 54.0 Å². The number of nitrogens with zero attached hydrogens (tertiary/aromatic N) is 1. The minimum Gasteiger partial charge on any atom is -0.248 e. The van der Waals surface area contributed by atoms with Gasteiger partial charge in [0.1, 0.15) is 0 Å². The van der Waals surface area contributed by atoms with Crippen LogP contribution in [-0.4, -0.2) is 4.98 Å². The predicted molar refractivity (Wildman–Crippen MR) is 214 cm³/mol. The largest absolute Gasteiger partial charge is 0.248 e. The Kier molecular flexibility index (Phi) is 6.57. The molecule has 10 rings (SSSR count). The summed E-state index contributed by atoms with van der Waals surface area (Å²) in [7, 11) is 0.